The number of nitrogen functional groups attached to an aromatic ring is 1. The molecule has 0 bridgehead atoms. The molecule has 2 N–H and O–H groups in total. The number of pyridine rings is 1. The zero-order valence-electron chi connectivity index (χ0n) is 11.5. The van der Waals surface area contributed by atoms with Crippen molar-refractivity contribution in [3.05, 3.63) is 33.8 Å². The zero-order valence-corrected chi connectivity index (χ0v) is 12.3. The van der Waals surface area contributed by atoms with Crippen LogP contribution in [0.4, 0.5) is 5.95 Å². The summed E-state index contributed by atoms with van der Waals surface area (Å²) in [5.74, 6) is 1.25. The average Bonchev–Trinajstić information content (AvgIpc) is 2.92. The van der Waals surface area contributed by atoms with E-state index >= 15 is 0 Å². The lowest BCUT2D eigenvalue weighted by atomic mass is 10.1. The highest BCUT2D eigenvalue weighted by Crippen LogP contribution is 2.33. The predicted octanol–water partition coefficient (Wildman–Crippen LogP) is 2.18. The fraction of sp³-hybridized carbons (Fsp3) is 0.357. The molecule has 3 heterocycles. The minimum Gasteiger partial charge on any atom is -0.368 e. The van der Waals surface area contributed by atoms with E-state index in [9.17, 15) is 4.79 Å². The van der Waals surface area contributed by atoms with E-state index in [0.29, 0.717) is 12.2 Å². The third-order valence-corrected chi connectivity index (χ3v) is 4.58. The number of fused-ring (bicyclic) bond motifs is 1. The summed E-state index contributed by atoms with van der Waals surface area (Å²) in [5, 5.41) is 0.893. The van der Waals surface area contributed by atoms with Gasteiger partial charge in [-0.25, -0.2) is 4.98 Å². The first-order valence-corrected chi connectivity index (χ1v) is 7.61. The number of anilines is 1. The van der Waals surface area contributed by atoms with Crippen LogP contribution in [0.2, 0.25) is 0 Å². The molecule has 0 fully saturated rings. The topological polar surface area (TPSA) is 73.8 Å². The number of nitrogens with two attached hydrogens (primary N) is 1. The second-order valence-electron chi connectivity index (χ2n) is 4.72. The zero-order chi connectivity index (χ0) is 14.3. The molecule has 3 rings (SSSR count). The minimum atomic E-state index is -0.00171. The van der Waals surface area contributed by atoms with Crippen LogP contribution in [0, 0.1) is 6.92 Å². The van der Waals surface area contributed by atoms with Crippen LogP contribution in [-0.2, 0) is 6.54 Å². The van der Waals surface area contributed by atoms with Crippen LogP contribution in [0.25, 0.3) is 15.9 Å². The van der Waals surface area contributed by atoms with Crippen molar-refractivity contribution >= 4 is 33.6 Å². The van der Waals surface area contributed by atoms with E-state index in [2.05, 4.69) is 16.0 Å². The molecular formula is C14H16N4OS. The summed E-state index contributed by atoms with van der Waals surface area (Å²) in [5.41, 5.74) is 7.88. The Morgan fingerprint density at radius 3 is 2.90 bits per heavy atom. The second kappa shape index (κ2) is 4.94. The molecule has 104 valence electrons. The predicted molar refractivity (Wildman–Crippen MR) is 83.7 cm³/mol. The minimum absolute atomic E-state index is 0.00171. The van der Waals surface area contributed by atoms with Crippen LogP contribution in [0.5, 0.6) is 0 Å². The van der Waals surface area contributed by atoms with Crippen LogP contribution in [-0.4, -0.2) is 20.3 Å². The maximum absolute atomic E-state index is 12.6. The Hall–Kier alpha value is -1.82. The van der Waals surface area contributed by atoms with Crippen molar-refractivity contribution in [2.24, 2.45) is 0 Å². The number of rotatable bonds is 2. The van der Waals surface area contributed by atoms with Crippen LogP contribution in [0.3, 0.4) is 0 Å². The highest BCUT2D eigenvalue weighted by molar-refractivity contribution is 8.08. The van der Waals surface area contributed by atoms with Gasteiger partial charge in [0, 0.05) is 22.6 Å². The summed E-state index contributed by atoms with van der Waals surface area (Å²) >= 11 is 1.73. The highest BCUT2D eigenvalue weighted by Gasteiger charge is 2.17. The normalized spacial score (nSPS) is 14.8. The van der Waals surface area contributed by atoms with Crippen LogP contribution in [0.1, 0.15) is 24.6 Å². The fourth-order valence-corrected chi connectivity index (χ4v) is 3.48. The Labute approximate surface area is 120 Å². The number of hydrogen-bond donors (Lipinski definition) is 1. The largest absolute Gasteiger partial charge is 0.368 e. The van der Waals surface area contributed by atoms with Gasteiger partial charge in [-0.1, -0.05) is 6.08 Å². The number of nitrogens with zero attached hydrogens (tertiary/aromatic N) is 3. The summed E-state index contributed by atoms with van der Waals surface area (Å²) in [7, 11) is 0. The van der Waals surface area contributed by atoms with E-state index in [4.69, 9.17) is 5.73 Å². The molecule has 0 aromatic carbocycles. The first-order chi connectivity index (χ1) is 9.61. The summed E-state index contributed by atoms with van der Waals surface area (Å²) in [6.07, 6.45) is 3.14. The van der Waals surface area contributed by atoms with E-state index in [1.807, 2.05) is 19.9 Å². The van der Waals surface area contributed by atoms with Crippen molar-refractivity contribution in [2.45, 2.75) is 26.8 Å². The van der Waals surface area contributed by atoms with Gasteiger partial charge >= 0.3 is 0 Å². The monoisotopic (exact) mass is 288 g/mol. The van der Waals surface area contributed by atoms with Crippen molar-refractivity contribution in [2.75, 3.05) is 11.5 Å². The Morgan fingerprint density at radius 2 is 2.25 bits per heavy atom. The van der Waals surface area contributed by atoms with Gasteiger partial charge in [0.05, 0.1) is 11.3 Å². The number of allylic oxidation sites excluding steroid dienone is 1. The molecule has 0 saturated carbocycles. The van der Waals surface area contributed by atoms with Gasteiger partial charge in [-0.3, -0.25) is 9.36 Å². The Kier molecular flexibility index (Phi) is 3.25. The van der Waals surface area contributed by atoms with Gasteiger partial charge in [-0.15, -0.1) is 11.8 Å². The van der Waals surface area contributed by atoms with Crippen molar-refractivity contribution in [1.29, 1.82) is 0 Å². The maximum Gasteiger partial charge on any atom is 0.260 e. The van der Waals surface area contributed by atoms with Crippen LogP contribution < -0.4 is 11.3 Å². The quantitative estimate of drug-likeness (QED) is 0.917. The maximum atomic E-state index is 12.6. The number of aromatic nitrogens is 3. The van der Waals surface area contributed by atoms with E-state index in [1.165, 1.54) is 0 Å². The van der Waals surface area contributed by atoms with Crippen LogP contribution >= 0.6 is 11.8 Å². The lowest BCUT2D eigenvalue weighted by Crippen LogP contribution is -2.24. The van der Waals surface area contributed by atoms with Gasteiger partial charge in [0.15, 0.2) is 0 Å². The van der Waals surface area contributed by atoms with Crippen molar-refractivity contribution in [3.63, 3.8) is 0 Å². The average molecular weight is 288 g/mol. The molecule has 0 amide bonds. The molecule has 6 heteroatoms. The number of hydrogen-bond acceptors (Lipinski definition) is 5. The first kappa shape index (κ1) is 13.2. The van der Waals surface area contributed by atoms with Crippen LogP contribution in [0.15, 0.2) is 16.9 Å². The molecule has 2 aromatic rings. The Balaban J connectivity index is 2.39. The Morgan fingerprint density at radius 1 is 1.45 bits per heavy atom. The Bertz CT molecular complexity index is 779. The van der Waals surface area contributed by atoms with E-state index in [1.54, 1.807) is 16.3 Å². The smallest absolute Gasteiger partial charge is 0.260 e. The van der Waals surface area contributed by atoms with Crippen molar-refractivity contribution in [1.82, 2.24) is 14.5 Å². The molecule has 0 spiro atoms. The molecule has 1 aliphatic rings. The molecule has 2 aromatic heterocycles. The van der Waals surface area contributed by atoms with Crippen molar-refractivity contribution in [3.8, 4) is 0 Å². The van der Waals surface area contributed by atoms with Gasteiger partial charge in [-0.2, -0.15) is 4.98 Å². The van der Waals surface area contributed by atoms with E-state index < -0.39 is 0 Å². The SMILES string of the molecule is CCn1c(=O)c(C2=CCCS2)cc2c(C)nc(N)nc21. The van der Waals surface area contributed by atoms with Gasteiger partial charge in [0.1, 0.15) is 5.65 Å². The third kappa shape index (κ3) is 2.00. The van der Waals surface area contributed by atoms with Gasteiger partial charge in [0.25, 0.3) is 5.56 Å². The highest BCUT2D eigenvalue weighted by atomic mass is 32.2. The molecule has 20 heavy (non-hydrogen) atoms. The fourth-order valence-electron chi connectivity index (χ4n) is 2.49. The van der Waals surface area contributed by atoms with E-state index in [-0.39, 0.29) is 11.5 Å². The summed E-state index contributed by atoms with van der Waals surface area (Å²) in [6.45, 7) is 4.40. The van der Waals surface area contributed by atoms with Crippen molar-refractivity contribution < 1.29 is 0 Å². The summed E-state index contributed by atoms with van der Waals surface area (Å²) in [6, 6.07) is 1.91. The summed E-state index contributed by atoms with van der Waals surface area (Å²) in [4.78, 5) is 22.1. The molecule has 5 nitrogen and oxygen atoms in total. The molecule has 0 atom stereocenters. The first-order valence-electron chi connectivity index (χ1n) is 6.62. The molecule has 0 radical (unpaired) electrons. The standard InChI is InChI=1S/C14H16N4OS/c1-3-18-12-9(8(2)16-14(15)17-12)7-10(13(18)19)11-5-4-6-20-11/h5,7H,3-4,6H2,1-2H3,(H2,15,16,17). The van der Waals surface area contributed by atoms with E-state index in [0.717, 1.165) is 33.7 Å². The number of thioether (sulfide) groups is 1. The lowest BCUT2D eigenvalue weighted by Gasteiger charge is -2.12. The van der Waals surface area contributed by atoms with Gasteiger partial charge in [-0.05, 0) is 26.3 Å². The lowest BCUT2D eigenvalue weighted by molar-refractivity contribution is 0.746. The molecule has 0 unspecified atom stereocenters. The molecule has 0 saturated heterocycles. The van der Waals surface area contributed by atoms with Gasteiger partial charge in [0.2, 0.25) is 5.95 Å². The summed E-state index contributed by atoms with van der Waals surface area (Å²) < 4.78 is 1.68. The molecular weight excluding hydrogens is 272 g/mol. The molecule has 0 aliphatic carbocycles. The number of aryl methyl sites for hydroxylation is 2. The third-order valence-electron chi connectivity index (χ3n) is 3.44. The van der Waals surface area contributed by atoms with Gasteiger partial charge < -0.3 is 5.73 Å². The molecule has 1 aliphatic heterocycles. The second-order valence-corrected chi connectivity index (χ2v) is 5.85.